The van der Waals surface area contributed by atoms with Gasteiger partial charge in [-0.2, -0.15) is 0 Å². The molecule has 0 rings (SSSR count). The van der Waals surface area contributed by atoms with Gasteiger partial charge in [0.25, 0.3) is 0 Å². The standard InChI is InChI=1S/C3H4O2.2Na.H/c1-2-3(4)5;;;/h2H,1H2,(H,4,5);;;/q;;+1;/p-1. The van der Waals surface area contributed by atoms with Crippen LogP contribution in [0.15, 0.2) is 12.7 Å². The summed E-state index contributed by atoms with van der Waals surface area (Å²) in [6, 6.07) is 0. The topological polar surface area (TPSA) is 40.1 Å². The third-order valence-corrected chi connectivity index (χ3v) is 0.167. The molecule has 0 aromatic carbocycles. The van der Waals surface area contributed by atoms with Gasteiger partial charge in [0.05, 0.1) is 5.97 Å². The van der Waals surface area contributed by atoms with Gasteiger partial charge in [-0.25, -0.2) is 0 Å². The average molecular weight is 118 g/mol. The Morgan fingerprint density at radius 3 is 1.86 bits per heavy atom. The van der Waals surface area contributed by atoms with Gasteiger partial charge in [0, 0.05) is 0 Å². The van der Waals surface area contributed by atoms with Gasteiger partial charge >= 0.3 is 59.1 Å². The molecule has 0 radical (unpaired) electrons. The molecule has 0 spiro atoms. The monoisotopic (exact) mass is 118 g/mol. The maximum absolute atomic E-state index is 9.14. The zero-order chi connectivity index (χ0) is 4.28. The minimum absolute atomic E-state index is 0. The van der Waals surface area contributed by atoms with Crippen LogP contribution in [0.2, 0.25) is 0 Å². The molecule has 2 nitrogen and oxygen atoms in total. The molecule has 0 aliphatic rings. The predicted molar refractivity (Wildman–Crippen MR) is 22.4 cm³/mol. The molecule has 0 aromatic heterocycles. The van der Waals surface area contributed by atoms with E-state index in [9.17, 15) is 0 Å². The zero-order valence-electron chi connectivity index (χ0n) is 3.60. The van der Waals surface area contributed by atoms with E-state index in [-0.39, 0.29) is 59.1 Å². The Bertz CT molecular complexity index is 62.0. The Kier molecular flexibility index (Phi) is 23.0. The number of hydrogen-bond donors (Lipinski definition) is 0. The first-order valence-electron chi connectivity index (χ1n) is 1.11. The van der Waals surface area contributed by atoms with Crippen molar-refractivity contribution in [1.29, 1.82) is 0 Å². The van der Waals surface area contributed by atoms with Gasteiger partial charge in [-0.1, -0.05) is 6.58 Å². The van der Waals surface area contributed by atoms with Crippen LogP contribution in [-0.4, -0.2) is 35.5 Å². The fraction of sp³-hybridized carbons (Fsp3) is 0. The van der Waals surface area contributed by atoms with Crippen LogP contribution in [0.4, 0.5) is 0 Å². The Balaban J connectivity index is -0.0000000800. The second-order valence-electron chi connectivity index (χ2n) is 0.523. The van der Waals surface area contributed by atoms with Crippen molar-refractivity contribution >= 4 is 35.5 Å². The first kappa shape index (κ1) is 15.7. The number of carboxylic acid groups (broad SMARTS) is 1. The number of aliphatic carboxylic acids is 1. The zero-order valence-corrected chi connectivity index (χ0v) is 5.60. The molecule has 0 fully saturated rings. The van der Waals surface area contributed by atoms with Crippen molar-refractivity contribution in [3.8, 4) is 0 Å². The van der Waals surface area contributed by atoms with Crippen LogP contribution in [0.5, 0.6) is 0 Å². The number of carbonyl (C=O) groups is 1. The normalized spacial score (nSPS) is 4.57. The van der Waals surface area contributed by atoms with Crippen molar-refractivity contribution in [3.05, 3.63) is 12.7 Å². The number of rotatable bonds is 1. The molecule has 4 heteroatoms. The predicted octanol–water partition coefficient (Wildman–Crippen LogP) is -4.72. The van der Waals surface area contributed by atoms with Crippen molar-refractivity contribution in [2.24, 2.45) is 0 Å². The molecule has 0 aliphatic carbocycles. The molecule has 0 bridgehead atoms. The van der Waals surface area contributed by atoms with Crippen molar-refractivity contribution in [2.45, 2.75) is 0 Å². The Labute approximate surface area is 86.6 Å². The fourth-order valence-corrected chi connectivity index (χ4v) is 0. The molecular weight excluding hydrogens is 114 g/mol. The molecule has 30 valence electrons. The summed E-state index contributed by atoms with van der Waals surface area (Å²) in [5.41, 5.74) is 0. The van der Waals surface area contributed by atoms with Crippen LogP contribution in [0.3, 0.4) is 0 Å². The summed E-state index contributed by atoms with van der Waals surface area (Å²) < 4.78 is 0. The molecule has 0 saturated carbocycles. The molecule has 0 unspecified atom stereocenters. The Hall–Kier alpha value is 1.21. The average Bonchev–Trinajstić information content (AvgIpc) is 1.38. The second-order valence-corrected chi connectivity index (χ2v) is 0.523. The van der Waals surface area contributed by atoms with E-state index in [1.165, 1.54) is 0 Å². The molecule has 0 N–H and O–H groups in total. The van der Waals surface area contributed by atoms with Crippen LogP contribution in [0, 0.1) is 0 Å². The molecule has 0 heterocycles. The Morgan fingerprint density at radius 1 is 1.71 bits per heavy atom. The Morgan fingerprint density at radius 2 is 1.86 bits per heavy atom. The van der Waals surface area contributed by atoms with Gasteiger partial charge in [0.1, 0.15) is 0 Å². The van der Waals surface area contributed by atoms with Gasteiger partial charge in [-0.15, -0.1) is 0 Å². The molecule has 0 aliphatic heterocycles. The first-order chi connectivity index (χ1) is 2.27. The van der Waals surface area contributed by atoms with Gasteiger partial charge < -0.3 is 9.90 Å². The van der Waals surface area contributed by atoms with Crippen LogP contribution >= 0.6 is 0 Å². The summed E-state index contributed by atoms with van der Waals surface area (Å²) in [7, 11) is 0. The first-order valence-corrected chi connectivity index (χ1v) is 1.11. The van der Waals surface area contributed by atoms with Gasteiger partial charge in [0.2, 0.25) is 0 Å². The third kappa shape index (κ3) is 19.0. The number of hydrogen-bond acceptors (Lipinski definition) is 2. The number of carbonyl (C=O) groups excluding carboxylic acids is 1. The van der Waals surface area contributed by atoms with E-state index >= 15 is 0 Å². The third-order valence-electron chi connectivity index (χ3n) is 0.167. The second kappa shape index (κ2) is 10.2. The van der Waals surface area contributed by atoms with E-state index in [0.29, 0.717) is 0 Å². The van der Waals surface area contributed by atoms with E-state index in [4.69, 9.17) is 9.90 Å². The summed E-state index contributed by atoms with van der Waals surface area (Å²) in [4.78, 5) is 9.14. The molecule has 0 saturated heterocycles. The van der Waals surface area contributed by atoms with Crippen LogP contribution in [0.25, 0.3) is 0 Å². The molecular formula is C3H4Na2O2. The van der Waals surface area contributed by atoms with E-state index < -0.39 is 5.97 Å². The quantitative estimate of drug-likeness (QED) is 0.256. The summed E-state index contributed by atoms with van der Waals surface area (Å²) in [5, 5.41) is 9.14. The van der Waals surface area contributed by atoms with Gasteiger partial charge in [-0.3, -0.25) is 0 Å². The van der Waals surface area contributed by atoms with E-state index in [1.54, 1.807) is 0 Å². The van der Waals surface area contributed by atoms with Crippen LogP contribution < -0.4 is 34.7 Å². The fourth-order valence-electron chi connectivity index (χ4n) is 0. The van der Waals surface area contributed by atoms with Crippen molar-refractivity contribution in [2.75, 3.05) is 0 Å². The summed E-state index contributed by atoms with van der Waals surface area (Å²) >= 11 is 0. The summed E-state index contributed by atoms with van der Waals surface area (Å²) in [5.74, 6) is -1.23. The van der Waals surface area contributed by atoms with E-state index in [2.05, 4.69) is 6.58 Å². The molecule has 0 amide bonds. The summed E-state index contributed by atoms with van der Waals surface area (Å²) in [6.07, 6.45) is 0.722. The minimum atomic E-state index is -1.23. The summed E-state index contributed by atoms with van der Waals surface area (Å²) in [6.45, 7) is 2.90. The van der Waals surface area contributed by atoms with Crippen LogP contribution in [0.1, 0.15) is 0 Å². The van der Waals surface area contributed by atoms with Crippen molar-refractivity contribution in [1.82, 2.24) is 0 Å². The van der Waals surface area contributed by atoms with Crippen molar-refractivity contribution < 1.29 is 39.5 Å². The molecule has 7 heavy (non-hydrogen) atoms. The maximum atomic E-state index is 9.14. The SMILES string of the molecule is C=CC(=O)[O-].[Na+].[NaH]. The molecule has 0 aromatic rings. The van der Waals surface area contributed by atoms with Crippen molar-refractivity contribution in [3.63, 3.8) is 0 Å². The number of carboxylic acids is 1. The van der Waals surface area contributed by atoms with Gasteiger partial charge in [0.15, 0.2) is 0 Å². The van der Waals surface area contributed by atoms with Gasteiger partial charge in [-0.05, 0) is 6.08 Å². The van der Waals surface area contributed by atoms with Crippen LogP contribution in [-0.2, 0) is 4.79 Å². The van der Waals surface area contributed by atoms with E-state index in [1.807, 2.05) is 0 Å². The van der Waals surface area contributed by atoms with E-state index in [0.717, 1.165) is 6.08 Å². The molecule has 0 atom stereocenters.